The largest absolute Gasteiger partial charge is 0.408 e. The Balaban J connectivity index is 1.35. The van der Waals surface area contributed by atoms with E-state index in [4.69, 9.17) is 9.72 Å². The van der Waals surface area contributed by atoms with E-state index in [0.717, 1.165) is 46.4 Å². The zero-order chi connectivity index (χ0) is 34.8. The molecule has 1 N–H and O–H groups in total. The number of para-hydroxylation sites is 1. The third-order valence-electron chi connectivity index (χ3n) is 10.0. The molecule has 0 radical (unpaired) electrons. The highest BCUT2D eigenvalue weighted by Crippen LogP contribution is 2.51. The molecule has 4 aromatic rings. The van der Waals surface area contributed by atoms with Crippen LogP contribution in [0.5, 0.6) is 0 Å². The van der Waals surface area contributed by atoms with E-state index in [1.807, 2.05) is 30.3 Å². The molecule has 0 spiro atoms. The minimum atomic E-state index is -4.81. The highest BCUT2D eigenvalue weighted by molar-refractivity contribution is 5.79. The number of ether oxygens (including phenoxy) is 1. The van der Waals surface area contributed by atoms with Crippen molar-refractivity contribution in [2.75, 3.05) is 20.1 Å². The lowest BCUT2D eigenvalue weighted by atomic mass is 9.82. The smallest absolute Gasteiger partial charge is 0.341 e. The maximum atomic E-state index is 15.0. The molecule has 1 saturated carbocycles. The zero-order valence-corrected chi connectivity index (χ0v) is 27.6. The summed E-state index contributed by atoms with van der Waals surface area (Å²) in [6.07, 6.45) is -5.78. The Morgan fingerprint density at radius 3 is 2.12 bits per heavy atom. The fourth-order valence-electron chi connectivity index (χ4n) is 7.66. The van der Waals surface area contributed by atoms with Crippen LogP contribution < -0.4 is 5.32 Å². The summed E-state index contributed by atoms with van der Waals surface area (Å²) in [5.41, 5.74) is 0.137. The Hall–Kier alpha value is -3.51. The summed E-state index contributed by atoms with van der Waals surface area (Å²) in [6, 6.07) is 22.4. The van der Waals surface area contributed by atoms with Crippen molar-refractivity contribution in [1.82, 2.24) is 20.1 Å². The number of benzene rings is 3. The number of hydrogen-bond acceptors (Lipinski definition) is 5. The third kappa shape index (κ3) is 7.95. The molecule has 1 saturated heterocycles. The molecular weight excluding hydrogens is 642 g/mol. The van der Waals surface area contributed by atoms with Gasteiger partial charge >= 0.3 is 12.4 Å². The summed E-state index contributed by atoms with van der Waals surface area (Å²) in [5.74, 6) is -2.18. The molecule has 5 nitrogen and oxygen atoms in total. The lowest BCUT2D eigenvalue weighted by Gasteiger charge is -2.35. The van der Waals surface area contributed by atoms with Gasteiger partial charge < -0.3 is 9.64 Å². The first-order valence-corrected chi connectivity index (χ1v) is 16.8. The van der Waals surface area contributed by atoms with Crippen LogP contribution >= 0.6 is 0 Å². The molecule has 1 aliphatic carbocycles. The fraction of sp³-hybridized carbons (Fsp3) is 0.447. The molecule has 1 aromatic heterocycles. The second-order valence-corrected chi connectivity index (χ2v) is 13.5. The van der Waals surface area contributed by atoms with Crippen LogP contribution in [0.1, 0.15) is 67.0 Å². The number of alkyl halides is 6. The summed E-state index contributed by atoms with van der Waals surface area (Å²) in [6.45, 7) is 1.42. The van der Waals surface area contributed by atoms with Gasteiger partial charge in [0.05, 0.1) is 11.1 Å². The average Bonchev–Trinajstić information content (AvgIpc) is 3.71. The van der Waals surface area contributed by atoms with Gasteiger partial charge in [-0.3, -0.25) is 10.3 Å². The van der Waals surface area contributed by atoms with Crippen molar-refractivity contribution in [3.63, 3.8) is 0 Å². The van der Waals surface area contributed by atoms with Gasteiger partial charge in [0, 0.05) is 43.2 Å². The van der Waals surface area contributed by atoms with E-state index in [1.54, 1.807) is 12.1 Å². The van der Waals surface area contributed by atoms with Crippen molar-refractivity contribution in [3.8, 4) is 0 Å². The first-order chi connectivity index (χ1) is 23.3. The van der Waals surface area contributed by atoms with Crippen molar-refractivity contribution in [2.45, 2.75) is 87.9 Å². The van der Waals surface area contributed by atoms with Crippen LogP contribution in [-0.2, 0) is 17.7 Å². The van der Waals surface area contributed by atoms with Crippen LogP contribution in [0.3, 0.4) is 0 Å². The van der Waals surface area contributed by atoms with E-state index < -0.39 is 42.8 Å². The Morgan fingerprint density at radius 2 is 1.49 bits per heavy atom. The minimum absolute atomic E-state index is 0.0406. The summed E-state index contributed by atoms with van der Waals surface area (Å²) in [5, 5.41) is 3.97. The molecular formula is C38H42F6N4O. The number of halogens is 6. The normalized spacial score (nSPS) is 22.3. The highest BCUT2D eigenvalue weighted by Gasteiger charge is 2.61. The molecule has 2 fully saturated rings. The summed E-state index contributed by atoms with van der Waals surface area (Å²) in [7, 11) is 2.10. The highest BCUT2D eigenvalue weighted by atomic mass is 19.4. The predicted molar refractivity (Wildman–Crippen MR) is 178 cm³/mol. The van der Waals surface area contributed by atoms with Gasteiger partial charge in [-0.05, 0) is 55.6 Å². The van der Waals surface area contributed by atoms with Gasteiger partial charge in [-0.25, -0.2) is 4.90 Å². The van der Waals surface area contributed by atoms with E-state index in [-0.39, 0.29) is 17.7 Å². The number of nitrogens with one attached hydrogen (secondary N) is 1. The maximum Gasteiger partial charge on any atom is 0.408 e. The lowest BCUT2D eigenvalue weighted by Crippen LogP contribution is -2.48. The second-order valence-electron chi connectivity index (χ2n) is 13.5. The molecule has 11 heteroatoms. The van der Waals surface area contributed by atoms with Crippen molar-refractivity contribution < 1.29 is 31.1 Å². The third-order valence-corrected chi connectivity index (χ3v) is 10.0. The van der Waals surface area contributed by atoms with Crippen LogP contribution in [0.25, 0.3) is 10.9 Å². The number of hydrogen-bond donors (Lipinski definition) is 1. The van der Waals surface area contributed by atoms with Crippen LogP contribution in [-0.4, -0.2) is 65.3 Å². The van der Waals surface area contributed by atoms with Gasteiger partial charge in [-0.1, -0.05) is 91.7 Å². The molecule has 4 unspecified atom stereocenters. The van der Waals surface area contributed by atoms with Crippen LogP contribution in [0.4, 0.5) is 26.3 Å². The molecule has 3 aromatic carbocycles. The summed E-state index contributed by atoms with van der Waals surface area (Å²) >= 11 is 0. The molecule has 0 bridgehead atoms. The predicted octanol–water partition coefficient (Wildman–Crippen LogP) is 8.77. The monoisotopic (exact) mass is 684 g/mol. The van der Waals surface area contributed by atoms with Crippen LogP contribution in [0, 0.1) is 0 Å². The molecule has 1 aliphatic heterocycles. The molecule has 0 amide bonds. The fourth-order valence-corrected chi connectivity index (χ4v) is 7.66. The van der Waals surface area contributed by atoms with Gasteiger partial charge in [0.1, 0.15) is 12.0 Å². The van der Waals surface area contributed by atoms with Gasteiger partial charge in [-0.2, -0.15) is 26.3 Å². The quantitative estimate of drug-likeness (QED) is 0.160. The van der Waals surface area contributed by atoms with Crippen molar-refractivity contribution in [2.24, 2.45) is 0 Å². The molecule has 262 valence electrons. The summed E-state index contributed by atoms with van der Waals surface area (Å²) < 4.78 is 95.8. The molecule has 6 rings (SSSR count). The zero-order valence-electron chi connectivity index (χ0n) is 27.6. The van der Waals surface area contributed by atoms with E-state index >= 15 is 0 Å². The van der Waals surface area contributed by atoms with Crippen molar-refractivity contribution in [3.05, 3.63) is 113 Å². The van der Waals surface area contributed by atoms with E-state index in [9.17, 15) is 26.3 Å². The van der Waals surface area contributed by atoms with Gasteiger partial charge in [0.2, 0.25) is 0 Å². The maximum absolute atomic E-state index is 15.0. The molecule has 2 heterocycles. The van der Waals surface area contributed by atoms with Gasteiger partial charge in [0.15, 0.2) is 6.35 Å². The SMILES string of the molecule is CN(CCc1nc2ccccc2cc1CNC1OC(C)(C(c2ccccc2)C(F)(F)F)CN1C(c1ccccc1)C(F)(F)F)C1CCCC1. The number of rotatable bonds is 11. The number of nitrogens with zero attached hydrogens (tertiary/aromatic N) is 3. The number of likely N-dealkylation sites (N-methyl/N-ethyl adjacent to an activating group) is 1. The molecule has 4 atom stereocenters. The number of pyridine rings is 1. The van der Waals surface area contributed by atoms with Gasteiger partial charge in [-0.15, -0.1) is 0 Å². The molecule has 2 aliphatic rings. The number of aromatic nitrogens is 1. The Labute approximate surface area is 283 Å². The minimum Gasteiger partial charge on any atom is -0.341 e. The standard InChI is InChI=1S/C38H42F6N4O/c1-36(33(37(39,40)41)26-13-5-3-6-14-26)25-48(34(38(42,43)44)27-15-7-4-8-16-27)35(49-36)45-24-29-23-28-17-9-12-20-31(28)46-32(29)21-22-47(2)30-18-10-11-19-30/h3-9,12-17,20,23,30,33-35,45H,10-11,18-19,21-22,24-25H2,1-2H3. The van der Waals surface area contributed by atoms with Crippen LogP contribution in [0.2, 0.25) is 0 Å². The van der Waals surface area contributed by atoms with E-state index in [0.29, 0.717) is 12.5 Å². The van der Waals surface area contributed by atoms with Crippen LogP contribution in [0.15, 0.2) is 91.0 Å². The Bertz CT molecular complexity index is 1680. The Kier molecular flexibility index (Phi) is 10.4. The van der Waals surface area contributed by atoms with Gasteiger partial charge in [0.25, 0.3) is 0 Å². The summed E-state index contributed by atoms with van der Waals surface area (Å²) in [4.78, 5) is 8.26. The first kappa shape index (κ1) is 35.3. The number of fused-ring (bicyclic) bond motifs is 1. The van der Waals surface area contributed by atoms with Crippen molar-refractivity contribution >= 4 is 10.9 Å². The topological polar surface area (TPSA) is 40.6 Å². The van der Waals surface area contributed by atoms with E-state index in [2.05, 4.69) is 17.3 Å². The van der Waals surface area contributed by atoms with E-state index in [1.165, 1.54) is 68.3 Å². The molecule has 49 heavy (non-hydrogen) atoms. The lowest BCUT2D eigenvalue weighted by molar-refractivity contribution is -0.212. The first-order valence-electron chi connectivity index (χ1n) is 16.8. The van der Waals surface area contributed by atoms with Crippen molar-refractivity contribution in [1.29, 1.82) is 0 Å². The Morgan fingerprint density at radius 1 is 0.878 bits per heavy atom. The second kappa shape index (κ2) is 14.4. The average molecular weight is 685 g/mol.